The summed E-state index contributed by atoms with van der Waals surface area (Å²) in [4.78, 5) is 20.8. The van der Waals surface area contributed by atoms with Crippen LogP contribution in [0.25, 0.3) is 6.08 Å². The third-order valence-electron chi connectivity index (χ3n) is 2.41. The molecule has 0 saturated heterocycles. The minimum atomic E-state index is -1.12. The van der Waals surface area contributed by atoms with Crippen molar-refractivity contribution in [1.82, 2.24) is 0 Å². The van der Waals surface area contributed by atoms with Crippen LogP contribution in [0.4, 0.5) is 0 Å². The fourth-order valence-corrected chi connectivity index (χ4v) is 1.34. The van der Waals surface area contributed by atoms with Crippen molar-refractivity contribution in [2.24, 2.45) is 0 Å². The first-order valence-corrected chi connectivity index (χ1v) is 7.29. The van der Waals surface area contributed by atoms with Gasteiger partial charge in [0.15, 0.2) is 0 Å². The van der Waals surface area contributed by atoms with Crippen LogP contribution in [0.3, 0.4) is 0 Å². The zero-order chi connectivity index (χ0) is 18.2. The van der Waals surface area contributed by atoms with Gasteiger partial charge in [-0.15, -0.1) is 0 Å². The summed E-state index contributed by atoms with van der Waals surface area (Å²) in [6.07, 6.45) is 11.6. The highest BCUT2D eigenvalue weighted by Crippen LogP contribution is 2.00. The lowest BCUT2D eigenvalue weighted by Crippen LogP contribution is -2.05. The minimum Gasteiger partial charge on any atom is -0.478 e. The zero-order valence-electron chi connectivity index (χ0n) is 13.7. The molecular weight excluding hydrogens is 304 g/mol. The quantitative estimate of drug-likeness (QED) is 0.463. The lowest BCUT2D eigenvalue weighted by atomic mass is 10.2. The van der Waals surface area contributed by atoms with Crippen LogP contribution in [0.5, 0.6) is 0 Å². The van der Waals surface area contributed by atoms with Crippen LogP contribution in [-0.2, 0) is 14.3 Å². The summed E-state index contributed by atoms with van der Waals surface area (Å²) < 4.78 is 4.55. The summed E-state index contributed by atoms with van der Waals surface area (Å²) >= 11 is 0. The smallest absolute Gasteiger partial charge is 0.337 e. The Kier molecular flexibility index (Phi) is 11.7. The van der Waals surface area contributed by atoms with E-state index < -0.39 is 11.9 Å². The van der Waals surface area contributed by atoms with E-state index in [0.29, 0.717) is 0 Å². The second kappa shape index (κ2) is 13.5. The van der Waals surface area contributed by atoms with Gasteiger partial charge in [0.2, 0.25) is 0 Å². The van der Waals surface area contributed by atoms with Crippen LogP contribution in [-0.4, -0.2) is 23.7 Å². The number of carboxylic acid groups (broad SMARTS) is 1. The van der Waals surface area contributed by atoms with Crippen molar-refractivity contribution < 1.29 is 19.4 Å². The van der Waals surface area contributed by atoms with Gasteiger partial charge in [-0.3, -0.25) is 0 Å². The number of carbonyl (C=O) groups is 2. The second-order valence-corrected chi connectivity index (χ2v) is 4.31. The van der Waals surface area contributed by atoms with Gasteiger partial charge in [0.25, 0.3) is 0 Å². The van der Waals surface area contributed by atoms with Crippen LogP contribution in [0.2, 0.25) is 0 Å². The summed E-state index contributed by atoms with van der Waals surface area (Å²) in [6, 6.07) is 10.2. The molecule has 0 spiro atoms. The van der Waals surface area contributed by atoms with E-state index in [0.717, 1.165) is 12.2 Å². The van der Waals surface area contributed by atoms with Crippen molar-refractivity contribution in [3.05, 3.63) is 91.1 Å². The third-order valence-corrected chi connectivity index (χ3v) is 2.41. The summed E-state index contributed by atoms with van der Waals surface area (Å²) in [5, 5.41) is 8.19. The number of esters is 1. The van der Waals surface area contributed by atoms with E-state index in [4.69, 9.17) is 5.11 Å². The number of carbonyl (C=O) groups excluding carboxylic acids is 1. The number of ether oxygens (including phenoxy) is 1. The highest BCUT2D eigenvalue weighted by molar-refractivity contribution is 5.93. The van der Waals surface area contributed by atoms with Crippen LogP contribution < -0.4 is 0 Å². The molecule has 0 radical (unpaired) electrons. The van der Waals surface area contributed by atoms with Crippen molar-refractivity contribution in [1.29, 1.82) is 0 Å². The van der Waals surface area contributed by atoms with E-state index in [1.54, 1.807) is 13.0 Å². The standard InChI is InChI=1S/C12H12.C8H10O4/c1-2-3-4-6-9-12-10-7-5-8-11-12;1-3-12-8(11)6(2)4-5-7(9)10/h2-11H,1H2;4-5H,2-3H2,1H3,(H,9,10). The molecule has 24 heavy (non-hydrogen) atoms. The minimum absolute atomic E-state index is 0.0271. The largest absolute Gasteiger partial charge is 0.478 e. The molecule has 0 heterocycles. The fourth-order valence-electron chi connectivity index (χ4n) is 1.34. The molecule has 0 fully saturated rings. The monoisotopic (exact) mass is 326 g/mol. The van der Waals surface area contributed by atoms with Crippen molar-refractivity contribution >= 4 is 18.0 Å². The van der Waals surface area contributed by atoms with Crippen molar-refractivity contribution in [2.75, 3.05) is 6.61 Å². The topological polar surface area (TPSA) is 63.6 Å². The van der Waals surface area contributed by atoms with Gasteiger partial charge in [0.05, 0.1) is 12.2 Å². The molecule has 0 aliphatic rings. The molecule has 4 heteroatoms. The molecule has 1 aromatic rings. The Morgan fingerprint density at radius 1 is 1.12 bits per heavy atom. The molecule has 0 amide bonds. The molecule has 0 unspecified atom stereocenters. The Morgan fingerprint density at radius 3 is 2.33 bits per heavy atom. The van der Waals surface area contributed by atoms with Crippen molar-refractivity contribution in [3.63, 3.8) is 0 Å². The maximum atomic E-state index is 10.8. The predicted octanol–water partition coefficient (Wildman–Crippen LogP) is 4.19. The highest BCUT2D eigenvalue weighted by atomic mass is 16.5. The van der Waals surface area contributed by atoms with E-state index in [-0.39, 0.29) is 12.2 Å². The van der Waals surface area contributed by atoms with E-state index in [1.165, 1.54) is 5.56 Å². The molecule has 1 aromatic carbocycles. The van der Waals surface area contributed by atoms with Crippen LogP contribution in [0.15, 0.2) is 85.5 Å². The van der Waals surface area contributed by atoms with E-state index in [2.05, 4.69) is 36.1 Å². The molecule has 0 aromatic heterocycles. The van der Waals surface area contributed by atoms with Gasteiger partial charge in [0.1, 0.15) is 0 Å². The summed E-state index contributed by atoms with van der Waals surface area (Å²) in [6.45, 7) is 8.81. The zero-order valence-corrected chi connectivity index (χ0v) is 13.7. The van der Waals surface area contributed by atoms with Crippen LogP contribution >= 0.6 is 0 Å². The van der Waals surface area contributed by atoms with Crippen molar-refractivity contribution in [3.8, 4) is 0 Å². The Hall–Kier alpha value is -3.14. The fraction of sp³-hybridized carbons (Fsp3) is 0.100. The Bertz CT molecular complexity index is 622. The molecule has 0 aliphatic heterocycles. The number of hydrogen-bond acceptors (Lipinski definition) is 3. The number of hydrogen-bond donors (Lipinski definition) is 1. The van der Waals surface area contributed by atoms with Gasteiger partial charge in [-0.2, -0.15) is 0 Å². The summed E-state index contributed by atoms with van der Waals surface area (Å²) in [5.41, 5.74) is 1.24. The van der Waals surface area contributed by atoms with Gasteiger partial charge in [-0.25, -0.2) is 9.59 Å². The average molecular weight is 326 g/mol. The molecular formula is C20H22O4. The second-order valence-electron chi connectivity index (χ2n) is 4.31. The Morgan fingerprint density at radius 2 is 1.79 bits per heavy atom. The molecule has 0 saturated carbocycles. The van der Waals surface area contributed by atoms with Gasteiger partial charge in [0, 0.05) is 6.08 Å². The maximum absolute atomic E-state index is 10.8. The summed E-state index contributed by atoms with van der Waals surface area (Å²) in [7, 11) is 0. The maximum Gasteiger partial charge on any atom is 0.337 e. The lowest BCUT2D eigenvalue weighted by Gasteiger charge is -1.98. The first kappa shape index (κ1) is 20.9. The van der Waals surface area contributed by atoms with Crippen LogP contribution in [0, 0.1) is 0 Å². The van der Waals surface area contributed by atoms with Gasteiger partial charge in [-0.1, -0.05) is 73.9 Å². The van der Waals surface area contributed by atoms with Crippen LogP contribution in [0.1, 0.15) is 12.5 Å². The lowest BCUT2D eigenvalue weighted by molar-refractivity contribution is -0.138. The summed E-state index contributed by atoms with van der Waals surface area (Å²) in [5.74, 6) is -1.73. The molecule has 0 atom stereocenters. The van der Waals surface area contributed by atoms with Crippen molar-refractivity contribution in [2.45, 2.75) is 6.92 Å². The molecule has 1 N–H and O–H groups in total. The van der Waals surface area contributed by atoms with Gasteiger partial charge < -0.3 is 9.84 Å². The van der Waals surface area contributed by atoms with Gasteiger partial charge in [-0.05, 0) is 18.6 Å². The van der Waals surface area contributed by atoms with E-state index in [9.17, 15) is 9.59 Å². The number of allylic oxidation sites excluding steroid dienone is 4. The molecule has 126 valence electrons. The number of aliphatic carboxylic acids is 1. The van der Waals surface area contributed by atoms with E-state index >= 15 is 0 Å². The number of carboxylic acids is 1. The predicted molar refractivity (Wildman–Crippen MR) is 97.4 cm³/mol. The molecule has 4 nitrogen and oxygen atoms in total. The Labute approximate surface area is 142 Å². The van der Waals surface area contributed by atoms with E-state index in [1.807, 2.05) is 36.4 Å². The number of rotatable bonds is 7. The number of benzene rings is 1. The molecule has 0 aliphatic carbocycles. The SMILES string of the molecule is C=C(C=CC(=O)O)C(=O)OCC.C=CC=CC=Cc1ccccc1. The Balaban J connectivity index is 0.000000441. The normalized spacial score (nSPS) is 10.4. The third kappa shape index (κ3) is 11.5. The van der Waals surface area contributed by atoms with Gasteiger partial charge >= 0.3 is 11.9 Å². The first-order valence-electron chi connectivity index (χ1n) is 7.29. The highest BCUT2D eigenvalue weighted by Gasteiger charge is 2.03. The molecule has 1 rings (SSSR count). The average Bonchev–Trinajstić information content (AvgIpc) is 2.58. The first-order chi connectivity index (χ1) is 11.5. The molecule has 0 bridgehead atoms.